The molecule has 0 spiro atoms. The first-order valence-electron chi connectivity index (χ1n) is 7.06. The number of aromatic nitrogens is 2. The highest BCUT2D eigenvalue weighted by molar-refractivity contribution is 5.76. The summed E-state index contributed by atoms with van der Waals surface area (Å²) in [5.74, 6) is 0. The molecule has 1 amide bonds. The molecule has 0 atom stereocenters. The predicted molar refractivity (Wildman–Crippen MR) is 75.4 cm³/mol. The summed E-state index contributed by atoms with van der Waals surface area (Å²) < 4.78 is 39.6. The summed E-state index contributed by atoms with van der Waals surface area (Å²) in [6, 6.07) is 2.90. The lowest BCUT2D eigenvalue weighted by atomic mass is 10.0. The minimum atomic E-state index is -4.47. The zero-order chi connectivity index (χ0) is 16.8. The number of alkyl halides is 3. The molecule has 2 aromatic rings. The number of hydrogen-bond acceptors (Lipinski definition) is 2. The van der Waals surface area contributed by atoms with Crippen LogP contribution in [0.15, 0.2) is 23.0 Å². The van der Waals surface area contributed by atoms with Crippen molar-refractivity contribution < 1.29 is 23.1 Å². The number of carboxylic acid groups (broad SMARTS) is 1. The molecule has 1 aromatic heterocycles. The number of piperidine rings is 1. The van der Waals surface area contributed by atoms with Crippen LogP contribution in [0, 0.1) is 0 Å². The van der Waals surface area contributed by atoms with E-state index >= 15 is 0 Å². The number of nitrogens with one attached hydrogen (secondary N) is 1. The van der Waals surface area contributed by atoms with Crippen molar-refractivity contribution in [1.29, 1.82) is 0 Å². The van der Waals surface area contributed by atoms with Gasteiger partial charge < -0.3 is 15.0 Å². The van der Waals surface area contributed by atoms with E-state index in [1.165, 1.54) is 15.5 Å². The van der Waals surface area contributed by atoms with Gasteiger partial charge in [-0.15, -0.1) is 0 Å². The molecule has 1 saturated heterocycles. The van der Waals surface area contributed by atoms with Crippen molar-refractivity contribution in [2.24, 2.45) is 0 Å². The Balaban J connectivity index is 1.95. The van der Waals surface area contributed by atoms with E-state index in [1.807, 2.05) is 0 Å². The Morgan fingerprint density at radius 1 is 1.26 bits per heavy atom. The average Bonchev–Trinajstić information content (AvgIpc) is 2.81. The first kappa shape index (κ1) is 15.4. The topological polar surface area (TPSA) is 78.3 Å². The van der Waals surface area contributed by atoms with E-state index in [2.05, 4.69) is 4.98 Å². The lowest BCUT2D eigenvalue weighted by molar-refractivity contribution is -0.137. The number of nitrogens with zero attached hydrogens (tertiary/aromatic N) is 2. The molecule has 0 bridgehead atoms. The van der Waals surface area contributed by atoms with Gasteiger partial charge in [0.05, 0.1) is 16.6 Å². The molecule has 23 heavy (non-hydrogen) atoms. The van der Waals surface area contributed by atoms with E-state index in [4.69, 9.17) is 5.11 Å². The van der Waals surface area contributed by atoms with Crippen LogP contribution in [0.2, 0.25) is 0 Å². The van der Waals surface area contributed by atoms with Crippen molar-refractivity contribution in [3.05, 3.63) is 34.2 Å². The van der Waals surface area contributed by atoms with Crippen molar-refractivity contribution >= 4 is 17.1 Å². The standard InChI is InChI=1S/C14H14F3N3O3/c15-14(16,17)8-1-2-11-10(7-8)18-12(21)20(11)9-3-5-19(6-4-9)13(22)23/h1-2,7,9H,3-6H2,(H,18,21)(H,22,23). The quantitative estimate of drug-likeness (QED) is 0.844. The molecule has 1 aliphatic heterocycles. The molecule has 1 fully saturated rings. The second-order valence-corrected chi connectivity index (χ2v) is 5.53. The van der Waals surface area contributed by atoms with Gasteiger partial charge in [0.25, 0.3) is 0 Å². The molecular formula is C14H14F3N3O3. The summed E-state index contributed by atoms with van der Waals surface area (Å²) in [7, 11) is 0. The third-order valence-electron chi connectivity index (χ3n) is 4.14. The number of H-pyrrole nitrogens is 1. The van der Waals surface area contributed by atoms with Crippen molar-refractivity contribution in [3.63, 3.8) is 0 Å². The third-order valence-corrected chi connectivity index (χ3v) is 4.14. The van der Waals surface area contributed by atoms with E-state index in [-0.39, 0.29) is 11.6 Å². The van der Waals surface area contributed by atoms with Crippen LogP contribution in [0.1, 0.15) is 24.4 Å². The molecule has 2 N–H and O–H groups in total. The molecule has 2 heterocycles. The Hall–Kier alpha value is -2.45. The maximum absolute atomic E-state index is 12.7. The maximum Gasteiger partial charge on any atom is 0.416 e. The van der Waals surface area contributed by atoms with Crippen molar-refractivity contribution in [2.75, 3.05) is 13.1 Å². The fourth-order valence-electron chi connectivity index (χ4n) is 2.99. The molecule has 0 aliphatic carbocycles. The van der Waals surface area contributed by atoms with Crippen LogP contribution in [0.3, 0.4) is 0 Å². The molecule has 0 unspecified atom stereocenters. The maximum atomic E-state index is 12.7. The predicted octanol–water partition coefficient (Wildman–Crippen LogP) is 2.66. The molecule has 9 heteroatoms. The summed E-state index contributed by atoms with van der Waals surface area (Å²) in [4.78, 5) is 26.7. The minimum absolute atomic E-state index is 0.130. The first-order chi connectivity index (χ1) is 10.8. The highest BCUT2D eigenvalue weighted by Gasteiger charge is 2.31. The monoisotopic (exact) mass is 329 g/mol. The van der Waals surface area contributed by atoms with Gasteiger partial charge in [0, 0.05) is 19.1 Å². The molecule has 124 valence electrons. The van der Waals surface area contributed by atoms with Gasteiger partial charge in [-0.05, 0) is 31.0 Å². The Labute approximate surface area is 128 Å². The normalized spacial score (nSPS) is 16.9. The van der Waals surface area contributed by atoms with Gasteiger partial charge in [0.1, 0.15) is 0 Å². The Morgan fingerprint density at radius 2 is 1.91 bits per heavy atom. The Bertz CT molecular complexity index is 801. The first-order valence-corrected chi connectivity index (χ1v) is 7.06. The van der Waals surface area contributed by atoms with Gasteiger partial charge in [-0.25, -0.2) is 9.59 Å². The number of carbonyl (C=O) groups is 1. The number of halogens is 3. The zero-order valence-electron chi connectivity index (χ0n) is 11.9. The van der Waals surface area contributed by atoms with Gasteiger partial charge in [0.15, 0.2) is 0 Å². The van der Waals surface area contributed by atoms with Crippen LogP contribution in [0.5, 0.6) is 0 Å². The summed E-state index contributed by atoms with van der Waals surface area (Å²) in [5, 5.41) is 8.93. The highest BCUT2D eigenvalue weighted by Crippen LogP contribution is 2.32. The molecule has 1 aromatic carbocycles. The molecule has 3 rings (SSSR count). The molecule has 0 saturated carbocycles. The fraction of sp³-hybridized carbons (Fsp3) is 0.429. The lowest BCUT2D eigenvalue weighted by Gasteiger charge is -2.30. The van der Waals surface area contributed by atoms with E-state index in [0.717, 1.165) is 12.1 Å². The van der Waals surface area contributed by atoms with Crippen molar-refractivity contribution in [3.8, 4) is 0 Å². The van der Waals surface area contributed by atoms with Gasteiger partial charge in [-0.2, -0.15) is 13.2 Å². The Morgan fingerprint density at radius 3 is 2.48 bits per heavy atom. The van der Waals surface area contributed by atoms with Gasteiger partial charge >= 0.3 is 18.0 Å². The second-order valence-electron chi connectivity index (χ2n) is 5.53. The average molecular weight is 329 g/mol. The van der Waals surface area contributed by atoms with Gasteiger partial charge in [-0.1, -0.05) is 0 Å². The summed E-state index contributed by atoms with van der Waals surface area (Å²) >= 11 is 0. The minimum Gasteiger partial charge on any atom is -0.465 e. The Kier molecular flexibility index (Phi) is 3.57. The lowest BCUT2D eigenvalue weighted by Crippen LogP contribution is -2.39. The van der Waals surface area contributed by atoms with Crippen molar-refractivity contribution in [2.45, 2.75) is 25.1 Å². The molecule has 0 radical (unpaired) electrons. The van der Waals surface area contributed by atoms with Crippen LogP contribution in [0.25, 0.3) is 11.0 Å². The number of fused-ring (bicyclic) bond motifs is 1. The van der Waals surface area contributed by atoms with E-state index in [9.17, 15) is 22.8 Å². The number of hydrogen-bond donors (Lipinski definition) is 2. The highest BCUT2D eigenvalue weighted by atomic mass is 19.4. The number of rotatable bonds is 1. The summed E-state index contributed by atoms with van der Waals surface area (Å²) in [6.45, 7) is 0.583. The van der Waals surface area contributed by atoms with Crippen LogP contribution in [-0.4, -0.2) is 38.7 Å². The zero-order valence-corrected chi connectivity index (χ0v) is 11.9. The van der Waals surface area contributed by atoms with E-state index in [0.29, 0.717) is 31.4 Å². The summed E-state index contributed by atoms with van der Waals surface area (Å²) in [6.07, 6.45) is -4.59. The molecule has 1 aliphatic rings. The number of likely N-dealkylation sites (tertiary alicyclic amines) is 1. The summed E-state index contributed by atoms with van der Waals surface area (Å²) in [5.41, 5.74) is -0.769. The number of amides is 1. The van der Waals surface area contributed by atoms with Crippen LogP contribution in [-0.2, 0) is 6.18 Å². The largest absolute Gasteiger partial charge is 0.465 e. The smallest absolute Gasteiger partial charge is 0.416 e. The molecular weight excluding hydrogens is 315 g/mol. The van der Waals surface area contributed by atoms with E-state index in [1.54, 1.807) is 0 Å². The molecule has 6 nitrogen and oxygen atoms in total. The van der Waals surface area contributed by atoms with E-state index < -0.39 is 23.5 Å². The second kappa shape index (κ2) is 5.32. The van der Waals surface area contributed by atoms with Crippen molar-refractivity contribution in [1.82, 2.24) is 14.5 Å². The third kappa shape index (κ3) is 2.78. The van der Waals surface area contributed by atoms with Crippen LogP contribution >= 0.6 is 0 Å². The van der Waals surface area contributed by atoms with Gasteiger partial charge in [-0.3, -0.25) is 4.57 Å². The number of benzene rings is 1. The number of aromatic amines is 1. The SMILES string of the molecule is O=C(O)N1CCC(n2c(=O)[nH]c3cc(C(F)(F)F)ccc32)CC1. The fourth-order valence-corrected chi connectivity index (χ4v) is 2.99. The van der Waals surface area contributed by atoms with Gasteiger partial charge in [0.2, 0.25) is 0 Å². The van der Waals surface area contributed by atoms with Crippen LogP contribution in [0.4, 0.5) is 18.0 Å². The number of imidazole rings is 1. The van der Waals surface area contributed by atoms with Crippen LogP contribution < -0.4 is 5.69 Å².